The lowest BCUT2D eigenvalue weighted by atomic mass is 10.1. The molecule has 0 aliphatic rings. The van der Waals surface area contributed by atoms with E-state index in [1.807, 2.05) is 0 Å². The Labute approximate surface area is 129 Å². The number of aromatic nitrogens is 3. The summed E-state index contributed by atoms with van der Waals surface area (Å²) < 4.78 is 6.70. The third-order valence-electron chi connectivity index (χ3n) is 2.82. The average Bonchev–Trinajstić information content (AvgIpc) is 2.89. The molecule has 2 rings (SSSR count). The first-order valence-electron chi connectivity index (χ1n) is 6.66. The Kier molecular flexibility index (Phi) is 5.65. The number of hydrogen-bond acceptors (Lipinski definition) is 4. The van der Waals surface area contributed by atoms with E-state index in [1.54, 1.807) is 18.1 Å². The summed E-state index contributed by atoms with van der Waals surface area (Å²) in [7, 11) is 1.65. The maximum absolute atomic E-state index is 5.14. The summed E-state index contributed by atoms with van der Waals surface area (Å²) in [5.74, 6) is 0.483. The van der Waals surface area contributed by atoms with Crippen molar-refractivity contribution < 1.29 is 4.74 Å². The Morgan fingerprint density at radius 2 is 2.10 bits per heavy atom. The van der Waals surface area contributed by atoms with Crippen molar-refractivity contribution in [1.29, 1.82) is 0 Å². The number of ether oxygens (including phenoxy) is 1. The van der Waals surface area contributed by atoms with Crippen molar-refractivity contribution in [3.05, 3.63) is 41.7 Å². The molecule has 0 fully saturated rings. The van der Waals surface area contributed by atoms with Gasteiger partial charge in [0.2, 0.25) is 5.95 Å². The van der Waals surface area contributed by atoms with Crippen molar-refractivity contribution >= 4 is 23.3 Å². The zero-order valence-corrected chi connectivity index (χ0v) is 13.0. The van der Waals surface area contributed by atoms with E-state index in [2.05, 4.69) is 51.9 Å². The Balaban J connectivity index is 1.86. The van der Waals surface area contributed by atoms with Gasteiger partial charge >= 0.3 is 0 Å². The van der Waals surface area contributed by atoms with Gasteiger partial charge in [-0.3, -0.25) is 5.32 Å². The molecule has 1 aromatic heterocycles. The van der Waals surface area contributed by atoms with Crippen LogP contribution in [0, 0.1) is 6.92 Å². The van der Waals surface area contributed by atoms with Crippen molar-refractivity contribution in [2.75, 3.05) is 25.6 Å². The summed E-state index contributed by atoms with van der Waals surface area (Å²) in [5.41, 5.74) is 2.42. The van der Waals surface area contributed by atoms with E-state index in [-0.39, 0.29) is 0 Å². The SMILES string of the molecule is COCCNC(=S)Nc1ncn(Cc2ccc(C)cc2)n1. The lowest BCUT2D eigenvalue weighted by Gasteiger charge is -2.06. The van der Waals surface area contributed by atoms with Crippen molar-refractivity contribution in [1.82, 2.24) is 20.1 Å². The molecule has 0 spiro atoms. The second-order valence-electron chi connectivity index (χ2n) is 4.63. The molecule has 21 heavy (non-hydrogen) atoms. The average molecular weight is 305 g/mol. The lowest BCUT2D eigenvalue weighted by Crippen LogP contribution is -2.31. The number of benzene rings is 1. The molecule has 2 aromatic rings. The minimum Gasteiger partial charge on any atom is -0.383 e. The molecule has 0 saturated heterocycles. The van der Waals surface area contributed by atoms with Gasteiger partial charge in [-0.25, -0.2) is 9.67 Å². The van der Waals surface area contributed by atoms with Crippen LogP contribution in [0.25, 0.3) is 0 Å². The smallest absolute Gasteiger partial charge is 0.248 e. The molecule has 1 aromatic carbocycles. The van der Waals surface area contributed by atoms with Crippen LogP contribution in [0.4, 0.5) is 5.95 Å². The third-order valence-corrected chi connectivity index (χ3v) is 3.07. The van der Waals surface area contributed by atoms with E-state index in [0.717, 1.165) is 0 Å². The Hall–Kier alpha value is -1.99. The van der Waals surface area contributed by atoms with E-state index in [9.17, 15) is 0 Å². The standard InChI is InChI=1S/C14H19N5OS/c1-11-3-5-12(6-4-11)9-19-10-16-13(18-19)17-14(21)15-7-8-20-2/h3-6,10H,7-9H2,1-2H3,(H2,15,17,18,21). The molecular weight excluding hydrogens is 286 g/mol. The summed E-state index contributed by atoms with van der Waals surface area (Å²) in [6.07, 6.45) is 1.68. The molecule has 0 aliphatic carbocycles. The number of aryl methyl sites for hydroxylation is 1. The van der Waals surface area contributed by atoms with E-state index in [0.29, 0.717) is 30.8 Å². The molecule has 112 valence electrons. The maximum Gasteiger partial charge on any atom is 0.248 e. The molecule has 0 radical (unpaired) electrons. The van der Waals surface area contributed by atoms with Gasteiger partial charge in [0.05, 0.1) is 13.2 Å². The lowest BCUT2D eigenvalue weighted by molar-refractivity contribution is 0.204. The molecule has 0 saturated carbocycles. The zero-order chi connectivity index (χ0) is 15.1. The maximum atomic E-state index is 5.14. The summed E-state index contributed by atoms with van der Waals surface area (Å²) in [6.45, 7) is 3.99. The Bertz CT molecular complexity index is 581. The van der Waals surface area contributed by atoms with Crippen molar-refractivity contribution in [2.45, 2.75) is 13.5 Å². The molecule has 0 amide bonds. The zero-order valence-electron chi connectivity index (χ0n) is 12.2. The minimum atomic E-state index is 0.483. The van der Waals surface area contributed by atoms with Crippen LogP contribution in [0.1, 0.15) is 11.1 Å². The first kappa shape index (κ1) is 15.4. The molecule has 7 heteroatoms. The summed E-state index contributed by atoms with van der Waals surface area (Å²) in [4.78, 5) is 4.18. The van der Waals surface area contributed by atoms with Gasteiger partial charge in [-0.2, -0.15) is 0 Å². The third kappa shape index (κ3) is 5.13. The van der Waals surface area contributed by atoms with Gasteiger partial charge < -0.3 is 10.1 Å². The Morgan fingerprint density at radius 1 is 1.33 bits per heavy atom. The van der Waals surface area contributed by atoms with Gasteiger partial charge in [0.15, 0.2) is 5.11 Å². The largest absolute Gasteiger partial charge is 0.383 e. The normalized spacial score (nSPS) is 10.4. The highest BCUT2D eigenvalue weighted by atomic mass is 32.1. The fraction of sp³-hybridized carbons (Fsp3) is 0.357. The summed E-state index contributed by atoms with van der Waals surface area (Å²) in [5, 5.41) is 10.8. The molecule has 0 unspecified atom stereocenters. The van der Waals surface area contributed by atoms with E-state index in [4.69, 9.17) is 17.0 Å². The quantitative estimate of drug-likeness (QED) is 0.624. The second-order valence-corrected chi connectivity index (χ2v) is 5.03. The highest BCUT2D eigenvalue weighted by Crippen LogP contribution is 2.05. The van der Waals surface area contributed by atoms with Crippen molar-refractivity contribution in [2.24, 2.45) is 0 Å². The number of thiocarbonyl (C=S) groups is 1. The van der Waals surface area contributed by atoms with Crippen LogP contribution in [-0.2, 0) is 11.3 Å². The van der Waals surface area contributed by atoms with Crippen LogP contribution in [0.5, 0.6) is 0 Å². The second kappa shape index (κ2) is 7.70. The molecule has 0 aliphatic heterocycles. The van der Waals surface area contributed by atoms with Crippen LogP contribution in [0.2, 0.25) is 0 Å². The molecule has 6 nitrogen and oxygen atoms in total. The first-order chi connectivity index (χ1) is 10.2. The number of anilines is 1. The number of rotatable bonds is 6. The van der Waals surface area contributed by atoms with Gasteiger partial charge in [0.25, 0.3) is 0 Å². The monoisotopic (exact) mass is 305 g/mol. The number of methoxy groups -OCH3 is 1. The van der Waals surface area contributed by atoms with Crippen LogP contribution in [0.15, 0.2) is 30.6 Å². The van der Waals surface area contributed by atoms with Crippen LogP contribution in [-0.4, -0.2) is 40.1 Å². The molecule has 2 N–H and O–H groups in total. The predicted octanol–water partition coefficient (Wildman–Crippen LogP) is 1.57. The molecule has 1 heterocycles. The molecule has 0 atom stereocenters. The van der Waals surface area contributed by atoms with Gasteiger partial charge in [-0.05, 0) is 24.7 Å². The fourth-order valence-electron chi connectivity index (χ4n) is 1.72. The Morgan fingerprint density at radius 3 is 2.81 bits per heavy atom. The highest BCUT2D eigenvalue weighted by Gasteiger charge is 2.03. The van der Waals surface area contributed by atoms with E-state index in [1.165, 1.54) is 11.1 Å². The van der Waals surface area contributed by atoms with Gasteiger partial charge in [-0.1, -0.05) is 29.8 Å². The topological polar surface area (TPSA) is 64.0 Å². The van der Waals surface area contributed by atoms with E-state index < -0.39 is 0 Å². The van der Waals surface area contributed by atoms with Crippen LogP contribution < -0.4 is 10.6 Å². The highest BCUT2D eigenvalue weighted by molar-refractivity contribution is 7.80. The summed E-state index contributed by atoms with van der Waals surface area (Å²) in [6, 6.07) is 8.34. The number of hydrogen-bond donors (Lipinski definition) is 2. The molecular formula is C14H19N5OS. The van der Waals surface area contributed by atoms with E-state index >= 15 is 0 Å². The van der Waals surface area contributed by atoms with Gasteiger partial charge in [0.1, 0.15) is 6.33 Å². The van der Waals surface area contributed by atoms with Crippen molar-refractivity contribution in [3.8, 4) is 0 Å². The molecule has 0 bridgehead atoms. The van der Waals surface area contributed by atoms with Crippen molar-refractivity contribution in [3.63, 3.8) is 0 Å². The van der Waals surface area contributed by atoms with Gasteiger partial charge in [0, 0.05) is 13.7 Å². The number of nitrogens with zero attached hydrogens (tertiary/aromatic N) is 3. The predicted molar refractivity (Wildman–Crippen MR) is 86.4 cm³/mol. The first-order valence-corrected chi connectivity index (χ1v) is 7.07. The fourth-order valence-corrected chi connectivity index (χ4v) is 1.91. The van der Waals surface area contributed by atoms with Crippen LogP contribution in [0.3, 0.4) is 0 Å². The minimum absolute atomic E-state index is 0.483. The van der Waals surface area contributed by atoms with Crippen LogP contribution >= 0.6 is 12.2 Å². The number of nitrogens with one attached hydrogen (secondary N) is 2. The summed E-state index contributed by atoms with van der Waals surface area (Å²) >= 11 is 5.14. The van der Waals surface area contributed by atoms with Gasteiger partial charge in [-0.15, -0.1) is 5.10 Å².